The van der Waals surface area contributed by atoms with Crippen LogP contribution >= 0.6 is 0 Å². The van der Waals surface area contributed by atoms with Crippen LogP contribution in [0, 0.1) is 0 Å². The number of alkyl halides is 3. The molecule has 0 amide bonds. The molecule has 0 aliphatic carbocycles. The molecule has 0 saturated heterocycles. The van der Waals surface area contributed by atoms with Crippen LogP contribution in [0.4, 0.5) is 13.2 Å². The van der Waals surface area contributed by atoms with E-state index in [1.54, 1.807) is 0 Å². The predicted molar refractivity (Wildman–Crippen MR) is 42.3 cm³/mol. The van der Waals surface area contributed by atoms with E-state index < -0.39 is 12.8 Å². The molecular formula is C8H8F3NO2. The Balaban J connectivity index is 2.52. The molecule has 1 heterocycles. The minimum Gasteiger partial charge on any atom is -0.495 e. The van der Waals surface area contributed by atoms with Crippen LogP contribution in [-0.4, -0.2) is 24.9 Å². The van der Waals surface area contributed by atoms with Gasteiger partial charge in [0.05, 0.1) is 13.3 Å². The Hall–Kier alpha value is -1.46. The number of rotatable bonds is 3. The molecule has 0 spiro atoms. The summed E-state index contributed by atoms with van der Waals surface area (Å²) in [5.41, 5.74) is 0. The SMILES string of the molecule is COc1ccc(OCC(F)(F)F)nc1. The summed E-state index contributed by atoms with van der Waals surface area (Å²) in [4.78, 5) is 3.61. The highest BCUT2D eigenvalue weighted by Crippen LogP contribution is 2.18. The third kappa shape index (κ3) is 3.51. The second kappa shape index (κ2) is 4.17. The molecule has 78 valence electrons. The summed E-state index contributed by atoms with van der Waals surface area (Å²) in [6.45, 7) is -1.34. The largest absolute Gasteiger partial charge is 0.495 e. The zero-order chi connectivity index (χ0) is 10.6. The Kier molecular flexibility index (Phi) is 3.16. The van der Waals surface area contributed by atoms with Crippen molar-refractivity contribution < 1.29 is 22.6 Å². The molecule has 0 saturated carbocycles. The summed E-state index contributed by atoms with van der Waals surface area (Å²) in [6, 6.07) is 2.78. The molecule has 1 aromatic rings. The van der Waals surface area contributed by atoms with Crippen LogP contribution in [0.3, 0.4) is 0 Å². The van der Waals surface area contributed by atoms with Gasteiger partial charge in [0.2, 0.25) is 5.88 Å². The van der Waals surface area contributed by atoms with Crippen LogP contribution in [-0.2, 0) is 0 Å². The van der Waals surface area contributed by atoms with Gasteiger partial charge in [-0.05, 0) is 6.07 Å². The van der Waals surface area contributed by atoms with Crippen LogP contribution in [0.15, 0.2) is 18.3 Å². The fourth-order valence-corrected chi connectivity index (χ4v) is 0.729. The van der Waals surface area contributed by atoms with Crippen molar-refractivity contribution in [1.29, 1.82) is 0 Å². The Labute approximate surface area is 78.5 Å². The molecule has 3 nitrogen and oxygen atoms in total. The average molecular weight is 207 g/mol. The van der Waals surface area contributed by atoms with Crippen molar-refractivity contribution in [3.8, 4) is 11.6 Å². The van der Waals surface area contributed by atoms with Crippen molar-refractivity contribution in [1.82, 2.24) is 4.98 Å². The van der Waals surface area contributed by atoms with Gasteiger partial charge in [0.15, 0.2) is 6.61 Å². The second-order valence-electron chi connectivity index (χ2n) is 2.44. The van der Waals surface area contributed by atoms with Gasteiger partial charge in [0.1, 0.15) is 5.75 Å². The van der Waals surface area contributed by atoms with Crippen LogP contribution in [0.2, 0.25) is 0 Å². The van der Waals surface area contributed by atoms with Crippen molar-refractivity contribution in [2.24, 2.45) is 0 Å². The lowest BCUT2D eigenvalue weighted by Gasteiger charge is -2.08. The predicted octanol–water partition coefficient (Wildman–Crippen LogP) is 2.03. The Morgan fingerprint density at radius 1 is 1.36 bits per heavy atom. The Bertz CT molecular complexity index is 284. The summed E-state index contributed by atoms with van der Waals surface area (Å²) in [6.07, 6.45) is -3.06. The maximum Gasteiger partial charge on any atom is 0.422 e. The summed E-state index contributed by atoms with van der Waals surface area (Å²) >= 11 is 0. The second-order valence-corrected chi connectivity index (χ2v) is 2.44. The van der Waals surface area contributed by atoms with Gasteiger partial charge in [-0.3, -0.25) is 0 Å². The highest BCUT2D eigenvalue weighted by molar-refractivity contribution is 5.22. The van der Waals surface area contributed by atoms with Crippen molar-refractivity contribution in [3.05, 3.63) is 18.3 Å². The molecule has 1 aromatic heterocycles. The lowest BCUT2D eigenvalue weighted by atomic mass is 10.4. The van der Waals surface area contributed by atoms with E-state index in [-0.39, 0.29) is 5.88 Å². The zero-order valence-electron chi connectivity index (χ0n) is 7.34. The fourth-order valence-electron chi connectivity index (χ4n) is 0.729. The first-order chi connectivity index (χ1) is 6.51. The van der Waals surface area contributed by atoms with Gasteiger partial charge >= 0.3 is 6.18 Å². The third-order valence-corrected chi connectivity index (χ3v) is 1.33. The topological polar surface area (TPSA) is 31.4 Å². The molecule has 0 aliphatic rings. The van der Waals surface area contributed by atoms with E-state index in [1.165, 1.54) is 25.4 Å². The minimum absolute atomic E-state index is 0.0804. The van der Waals surface area contributed by atoms with E-state index >= 15 is 0 Å². The smallest absolute Gasteiger partial charge is 0.422 e. The number of ether oxygens (including phenoxy) is 2. The summed E-state index contributed by atoms with van der Waals surface area (Å²) in [5, 5.41) is 0. The van der Waals surface area contributed by atoms with Gasteiger partial charge in [-0.1, -0.05) is 0 Å². The molecule has 0 aliphatic heterocycles. The molecule has 0 unspecified atom stereocenters. The monoisotopic (exact) mass is 207 g/mol. The van der Waals surface area contributed by atoms with E-state index in [9.17, 15) is 13.2 Å². The summed E-state index contributed by atoms with van der Waals surface area (Å²) in [5.74, 6) is 0.382. The first-order valence-electron chi connectivity index (χ1n) is 3.71. The van der Waals surface area contributed by atoms with Gasteiger partial charge in [-0.2, -0.15) is 13.2 Å². The molecule has 14 heavy (non-hydrogen) atoms. The van der Waals surface area contributed by atoms with Crippen molar-refractivity contribution in [2.45, 2.75) is 6.18 Å². The van der Waals surface area contributed by atoms with Crippen molar-refractivity contribution in [2.75, 3.05) is 13.7 Å². The maximum atomic E-state index is 11.7. The number of halogens is 3. The van der Waals surface area contributed by atoms with Crippen LogP contribution in [0.5, 0.6) is 11.6 Å². The van der Waals surface area contributed by atoms with Gasteiger partial charge in [-0.25, -0.2) is 4.98 Å². The first kappa shape index (κ1) is 10.6. The van der Waals surface area contributed by atoms with Crippen LogP contribution in [0.1, 0.15) is 0 Å². The maximum absolute atomic E-state index is 11.7. The average Bonchev–Trinajstić information content (AvgIpc) is 2.14. The molecule has 0 radical (unpaired) electrons. The molecule has 0 aromatic carbocycles. The van der Waals surface area contributed by atoms with Gasteiger partial charge in [-0.15, -0.1) is 0 Å². The van der Waals surface area contributed by atoms with Crippen molar-refractivity contribution >= 4 is 0 Å². The molecular weight excluding hydrogens is 199 g/mol. The number of hydrogen-bond donors (Lipinski definition) is 0. The molecule has 0 N–H and O–H groups in total. The zero-order valence-corrected chi connectivity index (χ0v) is 7.34. The van der Waals surface area contributed by atoms with Crippen molar-refractivity contribution in [3.63, 3.8) is 0 Å². The highest BCUT2D eigenvalue weighted by Gasteiger charge is 2.28. The van der Waals surface area contributed by atoms with E-state index in [0.717, 1.165) is 0 Å². The van der Waals surface area contributed by atoms with Gasteiger partial charge in [0, 0.05) is 6.07 Å². The molecule has 6 heteroatoms. The Morgan fingerprint density at radius 2 is 2.07 bits per heavy atom. The standard InChI is InChI=1S/C8H8F3NO2/c1-13-6-2-3-7(12-4-6)14-5-8(9,10)11/h2-4H,5H2,1H3. The Morgan fingerprint density at radius 3 is 2.50 bits per heavy atom. The van der Waals surface area contributed by atoms with E-state index in [4.69, 9.17) is 4.74 Å². The van der Waals surface area contributed by atoms with E-state index in [1.807, 2.05) is 0 Å². The van der Waals surface area contributed by atoms with Gasteiger partial charge in [0.25, 0.3) is 0 Å². The number of methoxy groups -OCH3 is 1. The minimum atomic E-state index is -4.35. The normalized spacial score (nSPS) is 11.1. The summed E-state index contributed by atoms with van der Waals surface area (Å²) in [7, 11) is 1.44. The quantitative estimate of drug-likeness (QED) is 0.759. The molecule has 1 rings (SSSR count). The summed E-state index contributed by atoms with van der Waals surface area (Å²) < 4.78 is 44.3. The number of aromatic nitrogens is 1. The van der Waals surface area contributed by atoms with Crippen LogP contribution in [0.25, 0.3) is 0 Å². The van der Waals surface area contributed by atoms with Crippen LogP contribution < -0.4 is 9.47 Å². The third-order valence-electron chi connectivity index (χ3n) is 1.33. The molecule has 0 fully saturated rings. The number of nitrogens with zero attached hydrogens (tertiary/aromatic N) is 1. The first-order valence-corrected chi connectivity index (χ1v) is 3.71. The molecule has 0 atom stereocenters. The number of hydrogen-bond acceptors (Lipinski definition) is 3. The number of pyridine rings is 1. The van der Waals surface area contributed by atoms with E-state index in [2.05, 4.69) is 9.72 Å². The highest BCUT2D eigenvalue weighted by atomic mass is 19.4. The van der Waals surface area contributed by atoms with Gasteiger partial charge < -0.3 is 9.47 Å². The van der Waals surface area contributed by atoms with E-state index in [0.29, 0.717) is 5.75 Å². The molecule has 0 bridgehead atoms. The lowest BCUT2D eigenvalue weighted by molar-refractivity contribution is -0.154. The lowest BCUT2D eigenvalue weighted by Crippen LogP contribution is -2.19. The fraction of sp³-hybridized carbons (Fsp3) is 0.375.